The van der Waals surface area contributed by atoms with Gasteiger partial charge in [-0.15, -0.1) is 0 Å². The van der Waals surface area contributed by atoms with Crippen molar-refractivity contribution in [1.82, 2.24) is 10.2 Å². The van der Waals surface area contributed by atoms with Crippen LogP contribution in [0.4, 0.5) is 0 Å². The molecule has 1 aliphatic heterocycles. The molecule has 1 atom stereocenters. The van der Waals surface area contributed by atoms with Gasteiger partial charge in [-0.25, -0.2) is 0 Å². The molecule has 1 N–H and O–H groups in total. The number of rotatable bonds is 8. The summed E-state index contributed by atoms with van der Waals surface area (Å²) >= 11 is 0. The van der Waals surface area contributed by atoms with Crippen molar-refractivity contribution in [2.24, 2.45) is 0 Å². The number of unbranched alkanes of at least 4 members (excludes halogenated alkanes) is 1. The zero-order valence-corrected chi connectivity index (χ0v) is 10.3. The molecule has 0 amide bonds. The fraction of sp³-hybridized carbons (Fsp3) is 1.00. The summed E-state index contributed by atoms with van der Waals surface area (Å²) in [5, 5.41) is 3.55. The highest BCUT2D eigenvalue weighted by Gasteiger charge is 2.21. The first-order chi connectivity index (χ1) is 7.38. The third kappa shape index (κ3) is 4.96. The van der Waals surface area contributed by atoms with Gasteiger partial charge in [-0.1, -0.05) is 6.92 Å². The number of hydrogen-bond acceptors (Lipinski definition) is 3. The lowest BCUT2D eigenvalue weighted by atomic mass is 10.2. The lowest BCUT2D eigenvalue weighted by Crippen LogP contribution is -2.38. The van der Waals surface area contributed by atoms with E-state index in [-0.39, 0.29) is 0 Å². The van der Waals surface area contributed by atoms with Gasteiger partial charge in [0.15, 0.2) is 0 Å². The van der Waals surface area contributed by atoms with E-state index in [1.807, 2.05) is 0 Å². The van der Waals surface area contributed by atoms with Crippen LogP contribution in [0.5, 0.6) is 0 Å². The van der Waals surface area contributed by atoms with Crippen LogP contribution in [-0.2, 0) is 4.74 Å². The number of ether oxygens (including phenoxy) is 1. The van der Waals surface area contributed by atoms with Gasteiger partial charge in [-0.3, -0.25) is 4.90 Å². The number of nitrogens with one attached hydrogen (secondary N) is 1. The molecule has 0 bridgehead atoms. The maximum absolute atomic E-state index is 5.02. The third-order valence-corrected chi connectivity index (χ3v) is 3.24. The summed E-state index contributed by atoms with van der Waals surface area (Å²) in [6, 6.07) is 0.789. The first-order valence-corrected chi connectivity index (χ1v) is 6.32. The fourth-order valence-electron chi connectivity index (χ4n) is 2.31. The van der Waals surface area contributed by atoms with Gasteiger partial charge < -0.3 is 10.1 Å². The molecule has 1 fully saturated rings. The normalized spacial score (nSPS) is 22.4. The Morgan fingerprint density at radius 2 is 2.27 bits per heavy atom. The minimum absolute atomic E-state index is 0.789. The second-order valence-corrected chi connectivity index (χ2v) is 4.33. The highest BCUT2D eigenvalue weighted by molar-refractivity contribution is 4.79. The number of methoxy groups -OCH3 is 1. The van der Waals surface area contributed by atoms with E-state index in [2.05, 4.69) is 17.1 Å². The van der Waals surface area contributed by atoms with Crippen molar-refractivity contribution in [3.05, 3.63) is 0 Å². The van der Waals surface area contributed by atoms with E-state index in [0.717, 1.165) is 19.2 Å². The summed E-state index contributed by atoms with van der Waals surface area (Å²) in [6.45, 7) is 7.96. The van der Waals surface area contributed by atoms with Crippen LogP contribution in [-0.4, -0.2) is 50.8 Å². The lowest BCUT2D eigenvalue weighted by molar-refractivity contribution is 0.192. The minimum Gasteiger partial charge on any atom is -0.385 e. The van der Waals surface area contributed by atoms with Gasteiger partial charge in [0.25, 0.3) is 0 Å². The van der Waals surface area contributed by atoms with Gasteiger partial charge in [0.2, 0.25) is 0 Å². The third-order valence-electron chi connectivity index (χ3n) is 3.24. The van der Waals surface area contributed by atoms with E-state index in [0.29, 0.717) is 0 Å². The Morgan fingerprint density at radius 3 is 3.00 bits per heavy atom. The highest BCUT2D eigenvalue weighted by Crippen LogP contribution is 2.15. The van der Waals surface area contributed by atoms with Gasteiger partial charge >= 0.3 is 0 Å². The summed E-state index contributed by atoms with van der Waals surface area (Å²) in [5.41, 5.74) is 0. The first-order valence-electron chi connectivity index (χ1n) is 6.32. The number of hydrogen-bond donors (Lipinski definition) is 1. The second kappa shape index (κ2) is 8.08. The topological polar surface area (TPSA) is 24.5 Å². The predicted octanol–water partition coefficient (Wildman–Crippen LogP) is 1.49. The molecule has 0 aliphatic carbocycles. The molecule has 1 unspecified atom stereocenters. The average Bonchev–Trinajstić information content (AvgIpc) is 2.70. The molecule has 1 rings (SSSR count). The Kier molecular flexibility index (Phi) is 6.98. The summed E-state index contributed by atoms with van der Waals surface area (Å²) in [6.07, 6.45) is 5.15. The van der Waals surface area contributed by atoms with Crippen molar-refractivity contribution in [3.63, 3.8) is 0 Å². The maximum Gasteiger partial charge on any atom is 0.0462 e. The van der Waals surface area contributed by atoms with Crippen molar-refractivity contribution >= 4 is 0 Å². The summed E-state index contributed by atoms with van der Waals surface area (Å²) in [5.74, 6) is 0. The molecule has 1 saturated heterocycles. The van der Waals surface area contributed by atoms with Crippen molar-refractivity contribution in [2.75, 3.05) is 39.9 Å². The smallest absolute Gasteiger partial charge is 0.0462 e. The van der Waals surface area contributed by atoms with Crippen molar-refractivity contribution in [2.45, 2.75) is 38.6 Å². The molecule has 0 spiro atoms. The molecule has 3 nitrogen and oxygen atoms in total. The molecule has 3 heteroatoms. The number of nitrogens with zero attached hydrogens (tertiary/aromatic N) is 1. The van der Waals surface area contributed by atoms with Crippen LogP contribution in [0.15, 0.2) is 0 Å². The SMILES string of the molecule is CCN1CCCC1CNCCCCOC. The van der Waals surface area contributed by atoms with Crippen LogP contribution >= 0.6 is 0 Å². The molecular formula is C12H26N2O. The van der Waals surface area contributed by atoms with Crippen LogP contribution in [0.2, 0.25) is 0 Å². The van der Waals surface area contributed by atoms with Crippen molar-refractivity contribution in [3.8, 4) is 0 Å². The van der Waals surface area contributed by atoms with E-state index in [1.165, 1.54) is 45.3 Å². The molecule has 0 radical (unpaired) electrons. The van der Waals surface area contributed by atoms with E-state index < -0.39 is 0 Å². The number of likely N-dealkylation sites (N-methyl/N-ethyl adjacent to an activating group) is 1. The van der Waals surface area contributed by atoms with E-state index in [9.17, 15) is 0 Å². The molecule has 90 valence electrons. The Morgan fingerprint density at radius 1 is 1.40 bits per heavy atom. The van der Waals surface area contributed by atoms with E-state index in [4.69, 9.17) is 4.74 Å². The van der Waals surface area contributed by atoms with Crippen LogP contribution in [0.1, 0.15) is 32.6 Å². The lowest BCUT2D eigenvalue weighted by Gasteiger charge is -2.22. The Labute approximate surface area is 94.2 Å². The fourth-order valence-corrected chi connectivity index (χ4v) is 2.31. The molecule has 0 aromatic heterocycles. The van der Waals surface area contributed by atoms with Gasteiger partial charge in [-0.2, -0.15) is 0 Å². The Hall–Kier alpha value is -0.120. The summed E-state index contributed by atoms with van der Waals surface area (Å²) in [4.78, 5) is 2.59. The van der Waals surface area contributed by atoms with Crippen LogP contribution < -0.4 is 5.32 Å². The first kappa shape index (κ1) is 12.9. The zero-order chi connectivity index (χ0) is 10.9. The van der Waals surface area contributed by atoms with E-state index in [1.54, 1.807) is 7.11 Å². The second-order valence-electron chi connectivity index (χ2n) is 4.33. The largest absolute Gasteiger partial charge is 0.385 e. The zero-order valence-electron chi connectivity index (χ0n) is 10.3. The van der Waals surface area contributed by atoms with Gasteiger partial charge in [0.05, 0.1) is 0 Å². The molecule has 0 aromatic carbocycles. The van der Waals surface area contributed by atoms with Crippen LogP contribution in [0.25, 0.3) is 0 Å². The Balaban J connectivity index is 1.95. The van der Waals surface area contributed by atoms with Crippen molar-refractivity contribution in [1.29, 1.82) is 0 Å². The van der Waals surface area contributed by atoms with Crippen LogP contribution in [0.3, 0.4) is 0 Å². The minimum atomic E-state index is 0.789. The monoisotopic (exact) mass is 214 g/mol. The van der Waals surface area contributed by atoms with Gasteiger partial charge in [0.1, 0.15) is 0 Å². The van der Waals surface area contributed by atoms with Crippen LogP contribution in [0, 0.1) is 0 Å². The standard InChI is InChI=1S/C12H26N2O/c1-3-14-9-6-7-12(14)11-13-8-4-5-10-15-2/h12-13H,3-11H2,1-2H3. The molecular weight excluding hydrogens is 188 g/mol. The van der Waals surface area contributed by atoms with Gasteiger partial charge in [0, 0.05) is 26.3 Å². The molecule has 0 aromatic rings. The highest BCUT2D eigenvalue weighted by atomic mass is 16.5. The van der Waals surface area contributed by atoms with Gasteiger partial charge in [-0.05, 0) is 45.3 Å². The Bertz CT molecular complexity index is 153. The molecule has 15 heavy (non-hydrogen) atoms. The molecule has 1 aliphatic rings. The average molecular weight is 214 g/mol. The van der Waals surface area contributed by atoms with E-state index >= 15 is 0 Å². The number of likely N-dealkylation sites (tertiary alicyclic amines) is 1. The summed E-state index contributed by atoms with van der Waals surface area (Å²) < 4.78 is 5.02. The summed E-state index contributed by atoms with van der Waals surface area (Å²) in [7, 11) is 1.77. The predicted molar refractivity (Wildman–Crippen MR) is 64.2 cm³/mol. The molecule has 1 heterocycles. The van der Waals surface area contributed by atoms with Crippen molar-refractivity contribution < 1.29 is 4.74 Å². The molecule has 0 saturated carbocycles. The maximum atomic E-state index is 5.02. The quantitative estimate of drug-likeness (QED) is 0.620.